The van der Waals surface area contributed by atoms with Crippen LogP contribution < -0.4 is 10.6 Å². The third-order valence-electron chi connectivity index (χ3n) is 4.22. The predicted molar refractivity (Wildman–Crippen MR) is 94.5 cm³/mol. The van der Waals surface area contributed by atoms with Gasteiger partial charge in [-0.2, -0.15) is 0 Å². The lowest BCUT2D eigenvalue weighted by molar-refractivity contribution is 0.129. The molecule has 0 aromatic carbocycles. The first-order valence-corrected chi connectivity index (χ1v) is 9.00. The van der Waals surface area contributed by atoms with Crippen molar-refractivity contribution in [2.24, 2.45) is 10.9 Å². The molecule has 0 amide bonds. The van der Waals surface area contributed by atoms with Crippen molar-refractivity contribution in [3.05, 3.63) is 0 Å². The first kappa shape index (κ1) is 19.2. The highest BCUT2D eigenvalue weighted by molar-refractivity contribution is 5.79. The molecule has 0 aromatic rings. The summed E-state index contributed by atoms with van der Waals surface area (Å²) in [6.45, 7) is 11.7. The van der Waals surface area contributed by atoms with Crippen molar-refractivity contribution in [3.8, 4) is 0 Å². The molecule has 1 saturated heterocycles. The quantitative estimate of drug-likeness (QED) is 0.368. The summed E-state index contributed by atoms with van der Waals surface area (Å²) in [5.41, 5.74) is 0. The average molecular weight is 313 g/mol. The summed E-state index contributed by atoms with van der Waals surface area (Å²) in [6, 6.07) is 0. The third-order valence-corrected chi connectivity index (χ3v) is 4.22. The van der Waals surface area contributed by atoms with Crippen LogP contribution in [0.5, 0.6) is 0 Å². The number of nitrogens with zero attached hydrogens (tertiary/aromatic N) is 2. The fraction of sp³-hybridized carbons (Fsp3) is 0.941. The maximum absolute atomic E-state index is 5.55. The fourth-order valence-electron chi connectivity index (χ4n) is 2.57. The molecule has 0 spiro atoms. The van der Waals surface area contributed by atoms with E-state index in [0.29, 0.717) is 0 Å². The Morgan fingerprint density at radius 3 is 2.50 bits per heavy atom. The molecule has 0 radical (unpaired) electrons. The molecule has 1 heterocycles. The molecule has 0 aliphatic carbocycles. The summed E-state index contributed by atoms with van der Waals surface area (Å²) in [6.07, 6.45) is 6.06. The second-order valence-corrected chi connectivity index (χ2v) is 6.27. The topological polar surface area (TPSA) is 48.9 Å². The van der Waals surface area contributed by atoms with Crippen LogP contribution >= 0.6 is 0 Å². The van der Waals surface area contributed by atoms with Gasteiger partial charge in [0.25, 0.3) is 0 Å². The van der Waals surface area contributed by atoms with Crippen LogP contribution in [0.15, 0.2) is 4.99 Å². The van der Waals surface area contributed by atoms with Gasteiger partial charge < -0.3 is 20.3 Å². The number of ether oxygens (including phenoxy) is 1. The Hall–Kier alpha value is -0.810. The zero-order valence-corrected chi connectivity index (χ0v) is 14.9. The van der Waals surface area contributed by atoms with Gasteiger partial charge in [0.2, 0.25) is 0 Å². The zero-order chi connectivity index (χ0) is 16.0. The molecule has 130 valence electrons. The van der Waals surface area contributed by atoms with E-state index in [1.165, 1.54) is 32.4 Å². The highest BCUT2D eigenvalue weighted by Gasteiger charge is 2.14. The van der Waals surface area contributed by atoms with Crippen LogP contribution in [0.3, 0.4) is 0 Å². The summed E-state index contributed by atoms with van der Waals surface area (Å²) in [5, 5.41) is 6.74. The number of unbranched alkanes of at least 4 members (excludes halogenated alkanes) is 1. The SMILES string of the molecule is CCCCOCCCNC(=NC)NCCN1CCC(C)CC1. The maximum atomic E-state index is 5.55. The molecule has 5 heteroatoms. The first-order chi connectivity index (χ1) is 10.8. The standard InChI is InChI=1S/C17H36N4O/c1-4-5-14-22-15-6-9-19-17(18-3)20-10-13-21-11-7-16(2)8-12-21/h16H,4-15H2,1-3H3,(H2,18,19,20). The molecule has 2 N–H and O–H groups in total. The van der Waals surface area contributed by atoms with Crippen LogP contribution in [0.1, 0.15) is 46.0 Å². The van der Waals surface area contributed by atoms with Gasteiger partial charge in [0.1, 0.15) is 0 Å². The Balaban J connectivity index is 1.98. The van der Waals surface area contributed by atoms with Crippen LogP contribution in [0.2, 0.25) is 0 Å². The number of guanidine groups is 1. The molecule has 1 aliphatic rings. The van der Waals surface area contributed by atoms with Gasteiger partial charge in [-0.1, -0.05) is 20.3 Å². The molecule has 0 aromatic heterocycles. The Bertz CT molecular complexity index is 288. The lowest BCUT2D eigenvalue weighted by Gasteiger charge is -2.30. The Morgan fingerprint density at radius 2 is 1.82 bits per heavy atom. The lowest BCUT2D eigenvalue weighted by atomic mass is 9.99. The summed E-state index contributed by atoms with van der Waals surface area (Å²) in [7, 11) is 1.83. The van der Waals surface area contributed by atoms with Crippen molar-refractivity contribution in [2.45, 2.75) is 46.0 Å². The second kappa shape index (κ2) is 12.7. The molecular formula is C17H36N4O. The number of hydrogen-bond acceptors (Lipinski definition) is 3. The van der Waals surface area contributed by atoms with E-state index in [2.05, 4.69) is 34.4 Å². The molecule has 0 unspecified atom stereocenters. The van der Waals surface area contributed by atoms with E-state index in [1.807, 2.05) is 7.05 Å². The number of aliphatic imine (C=N–C) groups is 1. The van der Waals surface area contributed by atoms with Gasteiger partial charge in [-0.3, -0.25) is 4.99 Å². The lowest BCUT2D eigenvalue weighted by Crippen LogP contribution is -2.43. The van der Waals surface area contributed by atoms with Crippen LogP contribution in [-0.2, 0) is 4.74 Å². The Morgan fingerprint density at radius 1 is 1.14 bits per heavy atom. The zero-order valence-electron chi connectivity index (χ0n) is 14.9. The van der Waals surface area contributed by atoms with Crippen molar-refractivity contribution in [1.82, 2.24) is 15.5 Å². The van der Waals surface area contributed by atoms with Gasteiger partial charge in [0.05, 0.1) is 0 Å². The van der Waals surface area contributed by atoms with Gasteiger partial charge in [-0.15, -0.1) is 0 Å². The van der Waals surface area contributed by atoms with Crippen molar-refractivity contribution in [2.75, 3.05) is 53.0 Å². The van der Waals surface area contributed by atoms with Crippen molar-refractivity contribution >= 4 is 5.96 Å². The van der Waals surface area contributed by atoms with Crippen molar-refractivity contribution in [3.63, 3.8) is 0 Å². The molecule has 0 atom stereocenters. The minimum Gasteiger partial charge on any atom is -0.381 e. The van der Waals surface area contributed by atoms with Crippen molar-refractivity contribution in [1.29, 1.82) is 0 Å². The predicted octanol–water partition coefficient (Wildman–Crippen LogP) is 2.09. The second-order valence-electron chi connectivity index (χ2n) is 6.27. The van der Waals surface area contributed by atoms with Gasteiger partial charge in [0.15, 0.2) is 5.96 Å². The Labute approximate surface area is 136 Å². The van der Waals surface area contributed by atoms with E-state index in [0.717, 1.165) is 57.6 Å². The first-order valence-electron chi connectivity index (χ1n) is 9.00. The third kappa shape index (κ3) is 9.26. The molecular weight excluding hydrogens is 276 g/mol. The molecule has 0 bridgehead atoms. The van der Waals surface area contributed by atoms with Crippen LogP contribution in [0, 0.1) is 5.92 Å². The van der Waals surface area contributed by atoms with Crippen LogP contribution in [-0.4, -0.2) is 63.8 Å². The van der Waals surface area contributed by atoms with Crippen molar-refractivity contribution < 1.29 is 4.74 Å². The fourth-order valence-corrected chi connectivity index (χ4v) is 2.57. The van der Waals surface area contributed by atoms with E-state index >= 15 is 0 Å². The normalized spacial score (nSPS) is 17.7. The number of piperidine rings is 1. The molecule has 5 nitrogen and oxygen atoms in total. The highest BCUT2D eigenvalue weighted by Crippen LogP contribution is 2.14. The van der Waals surface area contributed by atoms with Crippen LogP contribution in [0.4, 0.5) is 0 Å². The number of hydrogen-bond donors (Lipinski definition) is 2. The minimum absolute atomic E-state index is 0.829. The average Bonchev–Trinajstić information content (AvgIpc) is 2.54. The highest BCUT2D eigenvalue weighted by atomic mass is 16.5. The van der Waals surface area contributed by atoms with Crippen LogP contribution in [0.25, 0.3) is 0 Å². The molecule has 1 fully saturated rings. The maximum Gasteiger partial charge on any atom is 0.191 e. The minimum atomic E-state index is 0.829. The van der Waals surface area contributed by atoms with Gasteiger partial charge in [-0.05, 0) is 44.7 Å². The summed E-state index contributed by atoms with van der Waals surface area (Å²) < 4.78 is 5.55. The molecule has 22 heavy (non-hydrogen) atoms. The number of rotatable bonds is 10. The van der Waals surface area contributed by atoms with E-state index in [-0.39, 0.29) is 0 Å². The molecule has 1 aliphatic heterocycles. The largest absolute Gasteiger partial charge is 0.381 e. The molecule has 1 rings (SSSR count). The van der Waals surface area contributed by atoms with Gasteiger partial charge in [-0.25, -0.2) is 0 Å². The monoisotopic (exact) mass is 312 g/mol. The summed E-state index contributed by atoms with van der Waals surface area (Å²) in [5.74, 6) is 1.80. The summed E-state index contributed by atoms with van der Waals surface area (Å²) >= 11 is 0. The summed E-state index contributed by atoms with van der Waals surface area (Å²) in [4.78, 5) is 6.81. The number of likely N-dealkylation sites (tertiary alicyclic amines) is 1. The van der Waals surface area contributed by atoms with Gasteiger partial charge in [0, 0.05) is 39.9 Å². The van der Waals surface area contributed by atoms with E-state index < -0.39 is 0 Å². The smallest absolute Gasteiger partial charge is 0.191 e. The number of nitrogens with one attached hydrogen (secondary N) is 2. The Kier molecular flexibility index (Phi) is 11.1. The molecule has 0 saturated carbocycles. The van der Waals surface area contributed by atoms with Gasteiger partial charge >= 0.3 is 0 Å². The van der Waals surface area contributed by atoms with E-state index in [9.17, 15) is 0 Å². The van der Waals surface area contributed by atoms with E-state index in [4.69, 9.17) is 4.74 Å². The van der Waals surface area contributed by atoms with E-state index in [1.54, 1.807) is 0 Å².